The number of methoxy groups -OCH3 is 1. The number of carboxylic acid groups (broad SMARTS) is 2. The number of guanidine groups is 1. The van der Waals surface area contributed by atoms with E-state index in [9.17, 15) is 53.4 Å². The van der Waals surface area contributed by atoms with Gasteiger partial charge in [0.15, 0.2) is 5.96 Å². The van der Waals surface area contributed by atoms with Gasteiger partial charge in [-0.05, 0) is 57.4 Å². The lowest BCUT2D eigenvalue weighted by Crippen LogP contribution is -2.59. The van der Waals surface area contributed by atoms with Crippen LogP contribution < -0.4 is 48.7 Å². The van der Waals surface area contributed by atoms with E-state index in [1.165, 1.54) is 26.8 Å². The van der Waals surface area contributed by atoms with Gasteiger partial charge in [0.1, 0.15) is 30.2 Å². The molecule has 22 nitrogen and oxygen atoms in total. The highest BCUT2D eigenvalue weighted by molar-refractivity contribution is 6.00. The Bertz CT molecular complexity index is 2120. The first-order valence-corrected chi connectivity index (χ1v) is 23.1. The number of aliphatic carboxylic acids is 2. The fourth-order valence-corrected chi connectivity index (χ4v) is 7.28. The molecule has 70 heavy (non-hydrogen) atoms. The van der Waals surface area contributed by atoms with Crippen molar-refractivity contribution in [3.8, 4) is 0 Å². The third-order valence-corrected chi connectivity index (χ3v) is 11.5. The predicted molar refractivity (Wildman–Crippen MR) is 260 cm³/mol. The van der Waals surface area contributed by atoms with E-state index in [0.717, 1.165) is 5.56 Å². The lowest BCUT2D eigenvalue weighted by Gasteiger charge is -2.28. The van der Waals surface area contributed by atoms with Gasteiger partial charge < -0.3 is 63.6 Å². The standard InChI is InChI=1S/C48H72N10O12/c1-25(2)22-36-45(65)58-39(47(68)69)29(6)41(61)55-34(16-13-21-51-48(49)50)44(64)54-33(18-17-26(3)23-27(4)37(70-9)24-32-14-11-10-12-15-32)28(5)40(60)56-35(46(66)67)19-20-38(59)52-30(7)42(62)53-31(8)43(63)57-36/h10-12,14-15,17-18,23,25,27-29,31,33-37,39H,7,13,16,19-22,24H2,1-6,8-9H3,(H,52,59)(H,53,62)(H,54,64)(H,55,61)(H,56,60)(H,57,63)(H,58,65)(H,66,67)(H,68,69)(H4,49,50,51)/b18-17+,26-23-/t27-,28-,29-,31+,33-,34-,35+,36-,37-,39+/m0/s1. The average Bonchev–Trinajstić information content (AvgIpc) is 3.29. The van der Waals surface area contributed by atoms with Gasteiger partial charge >= 0.3 is 11.9 Å². The van der Waals surface area contributed by atoms with Crippen molar-refractivity contribution in [3.05, 3.63) is 72.0 Å². The third-order valence-electron chi connectivity index (χ3n) is 11.5. The van der Waals surface area contributed by atoms with Crippen molar-refractivity contribution in [2.75, 3.05) is 13.7 Å². The summed E-state index contributed by atoms with van der Waals surface area (Å²) in [7, 11) is 1.61. The van der Waals surface area contributed by atoms with Crippen LogP contribution >= 0.6 is 0 Å². The maximum absolute atomic E-state index is 14.3. The van der Waals surface area contributed by atoms with Gasteiger partial charge in [0.25, 0.3) is 5.91 Å². The van der Waals surface area contributed by atoms with Crippen LogP contribution in [0.2, 0.25) is 0 Å². The van der Waals surface area contributed by atoms with Gasteiger partial charge in [0.05, 0.1) is 29.7 Å². The summed E-state index contributed by atoms with van der Waals surface area (Å²) >= 11 is 0. The van der Waals surface area contributed by atoms with Crippen LogP contribution in [0.3, 0.4) is 0 Å². The molecule has 13 N–H and O–H groups in total. The molecule has 0 bridgehead atoms. The molecule has 10 atom stereocenters. The van der Waals surface area contributed by atoms with Gasteiger partial charge in [0, 0.05) is 26.0 Å². The van der Waals surface area contributed by atoms with Crippen molar-refractivity contribution in [1.29, 1.82) is 0 Å². The Balaban J connectivity index is 2.70. The van der Waals surface area contributed by atoms with E-state index in [1.807, 2.05) is 43.3 Å². The van der Waals surface area contributed by atoms with E-state index in [2.05, 4.69) is 48.8 Å². The van der Waals surface area contributed by atoms with Crippen LogP contribution in [0.4, 0.5) is 0 Å². The first-order chi connectivity index (χ1) is 32.8. The fourth-order valence-electron chi connectivity index (χ4n) is 7.28. The van der Waals surface area contributed by atoms with Crippen LogP contribution in [0.5, 0.6) is 0 Å². The van der Waals surface area contributed by atoms with Crippen molar-refractivity contribution < 1.29 is 58.1 Å². The Morgan fingerprint density at radius 3 is 2.03 bits per heavy atom. The zero-order valence-electron chi connectivity index (χ0n) is 41.2. The molecule has 0 unspecified atom stereocenters. The van der Waals surface area contributed by atoms with Crippen molar-refractivity contribution in [3.63, 3.8) is 0 Å². The van der Waals surface area contributed by atoms with Gasteiger partial charge in [-0.2, -0.15) is 0 Å². The molecule has 0 spiro atoms. The molecule has 0 aromatic heterocycles. The summed E-state index contributed by atoms with van der Waals surface area (Å²) in [5, 5.41) is 37.5. The Labute approximate surface area is 408 Å². The van der Waals surface area contributed by atoms with Gasteiger partial charge in [-0.25, -0.2) is 9.59 Å². The summed E-state index contributed by atoms with van der Waals surface area (Å²) in [6.07, 6.45) is 4.59. The first kappa shape index (κ1) is 59.0. The molecule has 1 aromatic carbocycles. The minimum atomic E-state index is -1.88. The summed E-state index contributed by atoms with van der Waals surface area (Å²) in [5.41, 5.74) is 12.3. The number of hydrogen-bond acceptors (Lipinski definition) is 11. The molecule has 7 amide bonds. The molecule has 1 fully saturated rings. The first-order valence-electron chi connectivity index (χ1n) is 23.1. The van der Waals surface area contributed by atoms with Gasteiger partial charge in [-0.3, -0.25) is 38.6 Å². The number of allylic oxidation sites excluding steroid dienone is 2. The number of hydrogen-bond donors (Lipinski definition) is 11. The number of benzene rings is 1. The molecule has 1 aliphatic heterocycles. The van der Waals surface area contributed by atoms with Gasteiger partial charge in [-0.1, -0.05) is 95.3 Å². The Hall–Kier alpha value is -7.10. The molecule has 1 heterocycles. The maximum atomic E-state index is 14.3. The quantitative estimate of drug-likeness (QED) is 0.0370. The molecule has 2 rings (SSSR count). The maximum Gasteiger partial charge on any atom is 0.327 e. The minimum absolute atomic E-state index is 0.00493. The van der Waals surface area contributed by atoms with Crippen molar-refractivity contribution in [2.45, 2.75) is 129 Å². The third kappa shape index (κ3) is 20.2. The fraction of sp³-hybridized carbons (Fsp3) is 0.542. The minimum Gasteiger partial charge on any atom is -0.480 e. The number of carboxylic acids is 2. The van der Waals surface area contributed by atoms with Crippen LogP contribution in [0.15, 0.2) is 71.4 Å². The van der Waals surface area contributed by atoms with E-state index >= 15 is 0 Å². The summed E-state index contributed by atoms with van der Waals surface area (Å²) in [6.45, 7) is 14.7. The monoisotopic (exact) mass is 981 g/mol. The van der Waals surface area contributed by atoms with Gasteiger partial charge in [-0.15, -0.1) is 0 Å². The van der Waals surface area contributed by atoms with Crippen LogP contribution in [-0.2, 0) is 54.3 Å². The lowest BCUT2D eigenvalue weighted by atomic mass is 9.94. The summed E-state index contributed by atoms with van der Waals surface area (Å²) in [6, 6.07) is 0.990. The van der Waals surface area contributed by atoms with Crippen LogP contribution in [0.1, 0.15) is 86.1 Å². The number of nitrogens with zero attached hydrogens (tertiary/aromatic N) is 1. The van der Waals surface area contributed by atoms with Crippen LogP contribution in [-0.4, -0.2) is 125 Å². The van der Waals surface area contributed by atoms with Crippen molar-refractivity contribution in [1.82, 2.24) is 37.2 Å². The smallest absolute Gasteiger partial charge is 0.327 e. The second-order valence-corrected chi connectivity index (χ2v) is 17.9. The Morgan fingerprint density at radius 1 is 0.829 bits per heavy atom. The van der Waals surface area contributed by atoms with Crippen LogP contribution in [0, 0.1) is 23.7 Å². The number of nitrogens with two attached hydrogens (primary N) is 2. The van der Waals surface area contributed by atoms with Crippen molar-refractivity contribution in [2.24, 2.45) is 40.1 Å². The molecule has 1 aliphatic rings. The van der Waals surface area contributed by atoms with E-state index in [-0.39, 0.29) is 49.7 Å². The number of amides is 7. The van der Waals surface area contributed by atoms with E-state index in [1.54, 1.807) is 34.0 Å². The number of aliphatic imine (C=N–C) groups is 1. The molecule has 1 saturated heterocycles. The lowest BCUT2D eigenvalue weighted by molar-refractivity contribution is -0.146. The highest BCUT2D eigenvalue weighted by Gasteiger charge is 2.37. The zero-order chi connectivity index (χ0) is 52.8. The number of carbonyl (C=O) groups excluding carboxylic acids is 7. The number of rotatable bonds is 15. The second-order valence-electron chi connectivity index (χ2n) is 17.9. The topological polar surface area (TPSA) is 352 Å². The average molecular weight is 981 g/mol. The summed E-state index contributed by atoms with van der Waals surface area (Å²) < 4.78 is 5.81. The number of nitrogens with one attached hydrogen (secondary N) is 7. The molecule has 0 aliphatic carbocycles. The number of ether oxygens (including phenoxy) is 1. The highest BCUT2D eigenvalue weighted by Crippen LogP contribution is 2.19. The SMILES string of the molecule is C=C1NC(=O)CC[C@H](C(=O)O)NC(=O)[C@@H](C)[C@H](/C=C/C(C)=C\[C@H](C)[C@H](Cc2ccccc2)OC)NC(=O)[C@H](CCCN=C(N)N)NC(=O)[C@@H](C)[C@H](C(=O)O)NC(=O)[C@H](CC(C)C)NC(=O)[C@@H](C)NC1=O. The largest absolute Gasteiger partial charge is 0.480 e. The van der Waals surface area contributed by atoms with E-state index < -0.39 is 120 Å². The predicted octanol–water partition coefficient (Wildman–Crippen LogP) is 0.276. The van der Waals surface area contributed by atoms with Gasteiger partial charge in [0.2, 0.25) is 35.4 Å². The summed E-state index contributed by atoms with van der Waals surface area (Å²) in [4.78, 5) is 124. The molecular weight excluding hydrogens is 909 g/mol. The van der Waals surface area contributed by atoms with E-state index in [4.69, 9.17) is 16.2 Å². The Morgan fingerprint density at radius 2 is 1.44 bits per heavy atom. The second kappa shape index (κ2) is 29.0. The van der Waals surface area contributed by atoms with Crippen molar-refractivity contribution >= 4 is 59.2 Å². The van der Waals surface area contributed by atoms with E-state index in [0.29, 0.717) is 12.0 Å². The molecule has 22 heteroatoms. The summed E-state index contributed by atoms with van der Waals surface area (Å²) in [5.74, 6) is -12.7. The molecular formula is C48H72N10O12. The van der Waals surface area contributed by atoms with Crippen LogP contribution in [0.25, 0.3) is 0 Å². The Kier molecular flexibility index (Phi) is 24.5. The number of carbonyl (C=O) groups is 9. The highest BCUT2D eigenvalue weighted by atomic mass is 16.5. The molecule has 0 radical (unpaired) electrons. The normalized spacial score (nSPS) is 25.4. The zero-order valence-corrected chi connectivity index (χ0v) is 41.2. The molecule has 0 saturated carbocycles. The molecule has 1 aromatic rings. The molecule has 386 valence electrons.